The fraction of sp³-hybridized carbons (Fsp3) is 0.105. The molecule has 114 valence electrons. The van der Waals surface area contributed by atoms with Crippen LogP contribution in [0.4, 0.5) is 10.5 Å². The Bertz CT molecular complexity index is 906. The molecule has 0 atom stereocenters. The number of amides is 2. The zero-order chi connectivity index (χ0) is 15.8. The van der Waals surface area contributed by atoms with Crippen molar-refractivity contribution in [3.05, 3.63) is 71.9 Å². The van der Waals surface area contributed by atoms with Crippen molar-refractivity contribution in [3.63, 3.8) is 0 Å². The van der Waals surface area contributed by atoms with Gasteiger partial charge in [-0.05, 0) is 24.6 Å². The lowest BCUT2D eigenvalue weighted by Gasteiger charge is -2.27. The summed E-state index contributed by atoms with van der Waals surface area (Å²) in [5.74, 6) is 0. The van der Waals surface area contributed by atoms with Gasteiger partial charge >= 0.3 is 6.03 Å². The van der Waals surface area contributed by atoms with Gasteiger partial charge in [0.2, 0.25) is 0 Å². The highest BCUT2D eigenvalue weighted by Gasteiger charge is 2.23. The predicted octanol–water partition coefficient (Wildman–Crippen LogP) is 4.05. The molecule has 23 heavy (non-hydrogen) atoms. The second-order valence-corrected chi connectivity index (χ2v) is 5.74. The Labute approximate surface area is 134 Å². The van der Waals surface area contributed by atoms with Gasteiger partial charge in [-0.2, -0.15) is 0 Å². The third-order valence-electron chi connectivity index (χ3n) is 4.19. The van der Waals surface area contributed by atoms with Gasteiger partial charge in [-0.25, -0.2) is 4.79 Å². The molecule has 0 saturated heterocycles. The standard InChI is InChI=1S/C19H17N3O/c1-13-6-8-14(9-7-13)16-10-11-22(19(23)21-16)18-12-20-17-5-3-2-4-15(17)18/h2-10,12,20H,11H2,1H3,(H,21,23). The van der Waals surface area contributed by atoms with Crippen LogP contribution in [0.3, 0.4) is 0 Å². The first kappa shape index (κ1) is 13.6. The molecule has 0 unspecified atom stereocenters. The number of hydrogen-bond donors (Lipinski definition) is 2. The first-order valence-electron chi connectivity index (χ1n) is 7.64. The lowest BCUT2D eigenvalue weighted by Crippen LogP contribution is -2.43. The minimum absolute atomic E-state index is 0.104. The minimum Gasteiger partial charge on any atom is -0.359 e. The van der Waals surface area contributed by atoms with Crippen molar-refractivity contribution >= 4 is 28.3 Å². The number of nitrogens with zero attached hydrogens (tertiary/aromatic N) is 1. The van der Waals surface area contributed by atoms with Crippen LogP contribution < -0.4 is 10.2 Å². The van der Waals surface area contributed by atoms with Crippen molar-refractivity contribution in [2.24, 2.45) is 0 Å². The molecule has 3 aromatic rings. The van der Waals surface area contributed by atoms with Gasteiger partial charge in [0, 0.05) is 29.3 Å². The molecule has 2 aromatic carbocycles. The van der Waals surface area contributed by atoms with Crippen LogP contribution in [0, 0.1) is 6.92 Å². The van der Waals surface area contributed by atoms with Crippen molar-refractivity contribution in [1.29, 1.82) is 0 Å². The van der Waals surface area contributed by atoms with E-state index < -0.39 is 0 Å². The van der Waals surface area contributed by atoms with E-state index in [4.69, 9.17) is 0 Å². The summed E-state index contributed by atoms with van der Waals surface area (Å²) in [4.78, 5) is 17.5. The lowest BCUT2D eigenvalue weighted by molar-refractivity contribution is 0.250. The molecule has 1 aliphatic rings. The Balaban J connectivity index is 1.66. The number of carbonyl (C=O) groups is 1. The summed E-state index contributed by atoms with van der Waals surface area (Å²) in [5, 5.41) is 4.04. The average Bonchev–Trinajstić information content (AvgIpc) is 2.99. The van der Waals surface area contributed by atoms with E-state index in [1.807, 2.05) is 60.8 Å². The molecule has 0 fully saturated rings. The molecule has 0 aliphatic carbocycles. The van der Waals surface area contributed by atoms with Gasteiger partial charge in [0.05, 0.1) is 5.69 Å². The number of aromatic amines is 1. The van der Waals surface area contributed by atoms with Gasteiger partial charge in [0.25, 0.3) is 0 Å². The van der Waals surface area contributed by atoms with E-state index in [9.17, 15) is 4.79 Å². The molecule has 4 rings (SSSR count). The summed E-state index contributed by atoms with van der Waals surface area (Å²) in [7, 11) is 0. The Morgan fingerprint density at radius 1 is 1.04 bits per heavy atom. The van der Waals surface area contributed by atoms with Gasteiger partial charge in [-0.3, -0.25) is 4.90 Å². The zero-order valence-electron chi connectivity index (χ0n) is 12.8. The van der Waals surface area contributed by atoms with E-state index in [0.29, 0.717) is 6.54 Å². The SMILES string of the molecule is Cc1ccc(C2=CCN(c3c[nH]c4ccccc34)C(=O)N2)cc1. The van der Waals surface area contributed by atoms with Crippen LogP contribution in [0.5, 0.6) is 0 Å². The first-order valence-corrected chi connectivity index (χ1v) is 7.64. The van der Waals surface area contributed by atoms with Crippen LogP contribution in [-0.4, -0.2) is 17.6 Å². The van der Waals surface area contributed by atoms with Crippen LogP contribution in [0.1, 0.15) is 11.1 Å². The number of benzene rings is 2. The lowest BCUT2D eigenvalue weighted by atomic mass is 10.1. The summed E-state index contributed by atoms with van der Waals surface area (Å²) in [6.45, 7) is 2.60. The average molecular weight is 303 g/mol. The third kappa shape index (κ3) is 2.38. The fourth-order valence-electron chi connectivity index (χ4n) is 2.91. The monoisotopic (exact) mass is 303 g/mol. The van der Waals surface area contributed by atoms with E-state index in [1.54, 1.807) is 4.90 Å². The second kappa shape index (κ2) is 5.32. The summed E-state index contributed by atoms with van der Waals surface area (Å²) < 4.78 is 0. The van der Waals surface area contributed by atoms with Crippen LogP contribution in [0.15, 0.2) is 60.8 Å². The first-order chi connectivity index (χ1) is 11.2. The number of carbonyl (C=O) groups excluding carboxylic acids is 1. The van der Waals surface area contributed by atoms with E-state index >= 15 is 0 Å². The van der Waals surface area contributed by atoms with Crippen LogP contribution >= 0.6 is 0 Å². The van der Waals surface area contributed by atoms with Crippen molar-refractivity contribution < 1.29 is 4.79 Å². The Morgan fingerprint density at radius 3 is 2.61 bits per heavy atom. The number of fused-ring (bicyclic) bond motifs is 1. The number of rotatable bonds is 2. The van der Waals surface area contributed by atoms with Gasteiger partial charge in [-0.1, -0.05) is 48.0 Å². The smallest absolute Gasteiger partial charge is 0.326 e. The van der Waals surface area contributed by atoms with Crippen molar-refractivity contribution in [2.75, 3.05) is 11.4 Å². The second-order valence-electron chi connectivity index (χ2n) is 5.74. The number of H-pyrrole nitrogens is 1. The highest BCUT2D eigenvalue weighted by molar-refractivity contribution is 6.06. The number of aryl methyl sites for hydroxylation is 1. The predicted molar refractivity (Wildman–Crippen MR) is 93.3 cm³/mol. The number of urea groups is 1. The van der Waals surface area contributed by atoms with Gasteiger partial charge in [0.15, 0.2) is 0 Å². The summed E-state index contributed by atoms with van der Waals surface area (Å²) >= 11 is 0. The van der Waals surface area contributed by atoms with E-state index in [1.165, 1.54) is 5.56 Å². The minimum atomic E-state index is -0.104. The largest absolute Gasteiger partial charge is 0.359 e. The quantitative estimate of drug-likeness (QED) is 0.737. The summed E-state index contributed by atoms with van der Waals surface area (Å²) in [6.07, 6.45) is 3.93. The Morgan fingerprint density at radius 2 is 1.83 bits per heavy atom. The summed E-state index contributed by atoms with van der Waals surface area (Å²) in [5.41, 5.74) is 5.03. The van der Waals surface area contributed by atoms with Crippen molar-refractivity contribution in [2.45, 2.75) is 6.92 Å². The zero-order valence-corrected chi connectivity index (χ0v) is 12.8. The van der Waals surface area contributed by atoms with Crippen molar-refractivity contribution in [1.82, 2.24) is 10.3 Å². The Kier molecular flexibility index (Phi) is 3.15. The molecular formula is C19H17N3O. The normalized spacial score (nSPS) is 14.7. The molecule has 0 saturated carbocycles. The van der Waals surface area contributed by atoms with E-state index in [0.717, 1.165) is 27.9 Å². The van der Waals surface area contributed by atoms with Gasteiger partial charge in [0.1, 0.15) is 0 Å². The molecular weight excluding hydrogens is 286 g/mol. The topological polar surface area (TPSA) is 48.1 Å². The molecule has 4 nitrogen and oxygen atoms in total. The number of aromatic nitrogens is 1. The highest BCUT2D eigenvalue weighted by Crippen LogP contribution is 2.28. The molecule has 0 radical (unpaired) electrons. The van der Waals surface area contributed by atoms with Gasteiger partial charge < -0.3 is 10.3 Å². The maximum absolute atomic E-state index is 12.5. The number of hydrogen-bond acceptors (Lipinski definition) is 1. The number of anilines is 1. The van der Waals surface area contributed by atoms with Crippen LogP contribution in [-0.2, 0) is 0 Å². The summed E-state index contributed by atoms with van der Waals surface area (Å²) in [6, 6.07) is 16.0. The molecule has 4 heteroatoms. The van der Waals surface area contributed by atoms with Gasteiger partial charge in [-0.15, -0.1) is 0 Å². The molecule has 0 spiro atoms. The third-order valence-corrected chi connectivity index (χ3v) is 4.19. The highest BCUT2D eigenvalue weighted by atomic mass is 16.2. The molecule has 2 N–H and O–H groups in total. The molecule has 1 aliphatic heterocycles. The van der Waals surface area contributed by atoms with Crippen LogP contribution in [0.2, 0.25) is 0 Å². The molecule has 1 aromatic heterocycles. The van der Waals surface area contributed by atoms with E-state index in [-0.39, 0.29) is 6.03 Å². The van der Waals surface area contributed by atoms with Crippen molar-refractivity contribution in [3.8, 4) is 0 Å². The fourth-order valence-corrected chi connectivity index (χ4v) is 2.91. The maximum atomic E-state index is 12.5. The van der Waals surface area contributed by atoms with E-state index in [2.05, 4.69) is 17.2 Å². The van der Waals surface area contributed by atoms with Crippen LogP contribution in [0.25, 0.3) is 16.6 Å². The Hall–Kier alpha value is -3.01. The maximum Gasteiger partial charge on any atom is 0.326 e. The molecule has 0 bridgehead atoms. The number of para-hydroxylation sites is 1. The number of nitrogens with one attached hydrogen (secondary N) is 2. The molecule has 2 heterocycles. The molecule has 2 amide bonds.